The number of rotatable bonds is 8. The second-order valence-electron chi connectivity index (χ2n) is 5.05. The third kappa shape index (κ3) is 9.16. The molecule has 0 aliphatic carbocycles. The summed E-state index contributed by atoms with van der Waals surface area (Å²) >= 11 is 5.94. The third-order valence-electron chi connectivity index (χ3n) is 3.04. The fourth-order valence-corrected chi connectivity index (χ4v) is 2.11. The van der Waals surface area contributed by atoms with Crippen molar-refractivity contribution in [1.82, 2.24) is 0 Å². The average Bonchev–Trinajstić information content (AvgIpc) is 2.59. The summed E-state index contributed by atoms with van der Waals surface area (Å²) in [5, 5.41) is 0.627. The van der Waals surface area contributed by atoms with Crippen LogP contribution in [0, 0.1) is 6.92 Å². The number of aryl methyl sites for hydroxylation is 1. The van der Waals surface area contributed by atoms with Gasteiger partial charge in [-0.05, 0) is 56.7 Å². The first-order chi connectivity index (χ1) is 12.0. The fraction of sp³-hybridized carbons (Fsp3) is 0.381. The van der Waals surface area contributed by atoms with Crippen molar-refractivity contribution in [3.8, 4) is 5.75 Å². The van der Waals surface area contributed by atoms with Crippen LogP contribution in [0.25, 0.3) is 0 Å². The van der Waals surface area contributed by atoms with Crippen LogP contribution in [0.3, 0.4) is 0 Å². The standard InChI is InChI=1S/C19H23ClO3.C2H6/c1-5-8-17(20)10-7-9-15(4)23-18-12-11-16(13-14(18)3)19(21)22-6-2;1-2/h5,7-8,10-13,15H,1,6,9H2,2-4H3;1-2H3/b10-7-,17-8+;. The quantitative estimate of drug-likeness (QED) is 0.405. The molecule has 1 aromatic carbocycles. The van der Waals surface area contributed by atoms with Crippen molar-refractivity contribution in [2.24, 2.45) is 0 Å². The number of allylic oxidation sites excluding steroid dienone is 4. The Labute approximate surface area is 157 Å². The van der Waals surface area contributed by atoms with Crippen LogP contribution in [-0.4, -0.2) is 18.7 Å². The molecule has 0 N–H and O–H groups in total. The number of carbonyl (C=O) groups excluding carboxylic acids is 1. The van der Waals surface area contributed by atoms with Gasteiger partial charge in [0.1, 0.15) is 5.75 Å². The van der Waals surface area contributed by atoms with Crippen LogP contribution in [0.1, 0.15) is 50.0 Å². The zero-order valence-corrected chi connectivity index (χ0v) is 16.6. The van der Waals surface area contributed by atoms with Crippen molar-refractivity contribution in [2.75, 3.05) is 6.61 Å². The average molecular weight is 365 g/mol. The Hall–Kier alpha value is -2.00. The molecule has 25 heavy (non-hydrogen) atoms. The molecule has 0 spiro atoms. The molecule has 1 rings (SSSR count). The highest BCUT2D eigenvalue weighted by molar-refractivity contribution is 6.31. The van der Waals surface area contributed by atoms with Crippen molar-refractivity contribution in [1.29, 1.82) is 0 Å². The SMILES string of the molecule is C=C/C=C(Cl)\C=C/CC(C)Oc1ccc(C(=O)OCC)cc1C.CC. The first-order valence-corrected chi connectivity index (χ1v) is 8.94. The lowest BCUT2D eigenvalue weighted by Gasteiger charge is -2.15. The number of ether oxygens (including phenoxy) is 2. The van der Waals surface area contributed by atoms with Gasteiger partial charge in [-0.1, -0.05) is 44.2 Å². The van der Waals surface area contributed by atoms with Crippen LogP contribution in [0.2, 0.25) is 0 Å². The number of halogens is 1. The summed E-state index contributed by atoms with van der Waals surface area (Å²) < 4.78 is 10.9. The molecule has 0 saturated heterocycles. The van der Waals surface area contributed by atoms with E-state index in [0.717, 1.165) is 17.7 Å². The monoisotopic (exact) mass is 364 g/mol. The minimum Gasteiger partial charge on any atom is -0.490 e. The van der Waals surface area contributed by atoms with E-state index in [-0.39, 0.29) is 12.1 Å². The Morgan fingerprint density at radius 3 is 2.60 bits per heavy atom. The second kappa shape index (κ2) is 13.3. The molecule has 0 amide bonds. The molecule has 0 aliphatic rings. The maximum atomic E-state index is 11.7. The van der Waals surface area contributed by atoms with Crippen molar-refractivity contribution in [3.63, 3.8) is 0 Å². The molecule has 0 heterocycles. The number of esters is 1. The number of hydrogen-bond donors (Lipinski definition) is 0. The molecule has 4 heteroatoms. The van der Waals surface area contributed by atoms with Crippen molar-refractivity contribution in [3.05, 3.63) is 65.2 Å². The van der Waals surface area contributed by atoms with Gasteiger partial charge >= 0.3 is 5.97 Å². The molecule has 0 aliphatic heterocycles. The smallest absolute Gasteiger partial charge is 0.338 e. The van der Waals surface area contributed by atoms with E-state index in [0.29, 0.717) is 17.2 Å². The van der Waals surface area contributed by atoms with Gasteiger partial charge in [0.25, 0.3) is 0 Å². The summed E-state index contributed by atoms with van der Waals surface area (Å²) in [6, 6.07) is 5.29. The van der Waals surface area contributed by atoms with Crippen LogP contribution < -0.4 is 4.74 Å². The zero-order valence-electron chi connectivity index (χ0n) is 15.8. The van der Waals surface area contributed by atoms with Gasteiger partial charge in [0.2, 0.25) is 0 Å². The van der Waals surface area contributed by atoms with Crippen molar-refractivity contribution >= 4 is 17.6 Å². The lowest BCUT2D eigenvalue weighted by atomic mass is 10.1. The number of benzene rings is 1. The van der Waals surface area contributed by atoms with Gasteiger partial charge < -0.3 is 9.47 Å². The van der Waals surface area contributed by atoms with Gasteiger partial charge in [-0.25, -0.2) is 4.79 Å². The molecule has 1 aromatic rings. The van der Waals surface area contributed by atoms with E-state index in [1.165, 1.54) is 0 Å². The molecular weight excluding hydrogens is 336 g/mol. The zero-order chi connectivity index (χ0) is 19.2. The summed E-state index contributed by atoms with van der Waals surface area (Å²) in [6.07, 6.45) is 7.85. The Morgan fingerprint density at radius 1 is 1.36 bits per heavy atom. The van der Waals surface area contributed by atoms with Crippen LogP contribution >= 0.6 is 11.6 Å². The molecule has 0 radical (unpaired) electrons. The van der Waals surface area contributed by atoms with Gasteiger partial charge in [0, 0.05) is 11.5 Å². The molecule has 3 nitrogen and oxygen atoms in total. The Balaban J connectivity index is 0.00000277. The number of hydrogen-bond acceptors (Lipinski definition) is 3. The predicted octanol–water partition coefficient (Wildman–Crippen LogP) is 6.22. The van der Waals surface area contributed by atoms with Crippen LogP contribution in [0.15, 0.2) is 54.1 Å². The molecule has 1 atom stereocenters. The molecule has 0 aromatic heterocycles. The van der Waals surface area contributed by atoms with E-state index in [9.17, 15) is 4.79 Å². The van der Waals surface area contributed by atoms with Gasteiger partial charge in [0.05, 0.1) is 18.3 Å². The minimum absolute atomic E-state index is 0.00779. The molecule has 0 saturated carbocycles. The first-order valence-electron chi connectivity index (χ1n) is 8.57. The molecular formula is C21H29ClO3. The van der Waals surface area contributed by atoms with Crippen molar-refractivity contribution < 1.29 is 14.3 Å². The fourth-order valence-electron chi connectivity index (χ4n) is 1.93. The Kier molecular flexibility index (Phi) is 12.2. The summed E-state index contributed by atoms with van der Waals surface area (Å²) in [5.74, 6) is 0.438. The van der Waals surface area contributed by atoms with E-state index in [1.54, 1.807) is 37.3 Å². The molecule has 138 valence electrons. The van der Waals surface area contributed by atoms with Gasteiger partial charge in [-0.3, -0.25) is 0 Å². The maximum Gasteiger partial charge on any atom is 0.338 e. The maximum absolute atomic E-state index is 11.7. The predicted molar refractivity (Wildman–Crippen MR) is 106 cm³/mol. The Bertz CT molecular complexity index is 603. The van der Waals surface area contributed by atoms with E-state index < -0.39 is 0 Å². The van der Waals surface area contributed by atoms with E-state index in [1.807, 2.05) is 39.8 Å². The lowest BCUT2D eigenvalue weighted by molar-refractivity contribution is 0.0526. The highest BCUT2D eigenvalue weighted by Crippen LogP contribution is 2.22. The highest BCUT2D eigenvalue weighted by atomic mass is 35.5. The van der Waals surface area contributed by atoms with Crippen molar-refractivity contribution in [2.45, 2.75) is 47.1 Å². The second-order valence-corrected chi connectivity index (χ2v) is 5.49. The van der Waals surface area contributed by atoms with E-state index >= 15 is 0 Å². The Morgan fingerprint density at radius 2 is 2.04 bits per heavy atom. The normalized spacial score (nSPS) is 12.2. The first kappa shape index (κ1) is 23.0. The molecule has 0 fully saturated rings. The third-order valence-corrected chi connectivity index (χ3v) is 3.29. The summed E-state index contributed by atoms with van der Waals surface area (Å²) in [4.78, 5) is 11.7. The van der Waals surface area contributed by atoms with E-state index in [4.69, 9.17) is 21.1 Å². The van der Waals surface area contributed by atoms with Gasteiger partial charge in [-0.2, -0.15) is 0 Å². The topological polar surface area (TPSA) is 35.5 Å². The molecule has 1 unspecified atom stereocenters. The largest absolute Gasteiger partial charge is 0.490 e. The molecule has 0 bridgehead atoms. The van der Waals surface area contributed by atoms with Crippen LogP contribution in [-0.2, 0) is 4.74 Å². The van der Waals surface area contributed by atoms with Gasteiger partial charge in [0.15, 0.2) is 0 Å². The summed E-state index contributed by atoms with van der Waals surface area (Å²) in [7, 11) is 0. The van der Waals surface area contributed by atoms with Crippen LogP contribution in [0.5, 0.6) is 5.75 Å². The number of carbonyl (C=O) groups is 1. The van der Waals surface area contributed by atoms with Gasteiger partial charge in [-0.15, -0.1) is 0 Å². The summed E-state index contributed by atoms with van der Waals surface area (Å²) in [5.41, 5.74) is 1.43. The lowest BCUT2D eigenvalue weighted by Crippen LogP contribution is -2.12. The summed E-state index contributed by atoms with van der Waals surface area (Å²) in [6.45, 7) is 13.6. The minimum atomic E-state index is -0.318. The van der Waals surface area contributed by atoms with E-state index in [2.05, 4.69) is 6.58 Å². The highest BCUT2D eigenvalue weighted by Gasteiger charge is 2.10. The van der Waals surface area contributed by atoms with Crippen LogP contribution in [0.4, 0.5) is 0 Å².